The van der Waals surface area contributed by atoms with Crippen LogP contribution in [-0.4, -0.2) is 34.8 Å². The second-order valence-corrected chi connectivity index (χ2v) is 5.20. The number of hydrogen-bond acceptors (Lipinski definition) is 2. The van der Waals surface area contributed by atoms with Gasteiger partial charge in [0.05, 0.1) is 0 Å². The van der Waals surface area contributed by atoms with E-state index in [2.05, 4.69) is 51.8 Å². The van der Waals surface area contributed by atoms with Gasteiger partial charge in [-0.05, 0) is 54.9 Å². The molecule has 0 unspecified atom stereocenters. The van der Waals surface area contributed by atoms with Crippen LogP contribution >= 0.6 is 15.9 Å². The summed E-state index contributed by atoms with van der Waals surface area (Å²) in [7, 11) is 4.21. The van der Waals surface area contributed by atoms with Crippen molar-refractivity contribution in [2.75, 3.05) is 20.2 Å². The van der Waals surface area contributed by atoms with E-state index in [0.717, 1.165) is 36.8 Å². The van der Waals surface area contributed by atoms with Crippen molar-refractivity contribution >= 4 is 15.9 Å². The average Bonchev–Trinajstić information content (AvgIpc) is 2.52. The number of aliphatic hydroxyl groups excluding tert-OH is 1. The zero-order chi connectivity index (χ0) is 12.0. The molecule has 0 aliphatic heterocycles. The fourth-order valence-electron chi connectivity index (χ4n) is 1.75. The smallest absolute Gasteiger partial charge is 0.0431 e. The molecule has 0 spiro atoms. The third kappa shape index (κ3) is 4.68. The fourth-order valence-corrected chi connectivity index (χ4v) is 2.32. The highest BCUT2D eigenvalue weighted by atomic mass is 79.9. The third-order valence-corrected chi connectivity index (χ3v) is 3.14. The first kappa shape index (κ1) is 13.7. The summed E-state index contributed by atoms with van der Waals surface area (Å²) < 4.78 is 3.28. The molecular weight excluding hydrogens is 268 g/mol. The maximum atomic E-state index is 8.68. The van der Waals surface area contributed by atoms with Crippen molar-refractivity contribution in [1.29, 1.82) is 0 Å². The lowest BCUT2D eigenvalue weighted by Crippen LogP contribution is -2.20. The Morgan fingerprint density at radius 1 is 1.38 bits per heavy atom. The largest absolute Gasteiger partial charge is 0.396 e. The summed E-state index contributed by atoms with van der Waals surface area (Å²) in [5, 5.41) is 8.68. The zero-order valence-electron chi connectivity index (χ0n) is 10.1. The first-order valence-electron chi connectivity index (χ1n) is 5.73. The van der Waals surface area contributed by atoms with E-state index in [-0.39, 0.29) is 0 Å². The molecule has 0 aromatic carbocycles. The minimum Gasteiger partial charge on any atom is -0.396 e. The quantitative estimate of drug-likeness (QED) is 0.781. The number of rotatable bonds is 7. The van der Waals surface area contributed by atoms with E-state index in [4.69, 9.17) is 5.11 Å². The molecule has 0 bridgehead atoms. The molecule has 0 saturated heterocycles. The Kier molecular flexibility index (Phi) is 6.09. The molecule has 0 fully saturated rings. The standard InChI is InChI=1S/C12H21BrN2O/c1-14(6-4-3-5-7-16)10-12-8-11(13)9-15(12)2/h8-9,16H,3-7,10H2,1-2H3. The van der Waals surface area contributed by atoms with E-state index >= 15 is 0 Å². The van der Waals surface area contributed by atoms with Crippen LogP contribution in [0.3, 0.4) is 0 Å². The molecular formula is C12H21BrN2O. The molecule has 0 amide bonds. The van der Waals surface area contributed by atoms with Crippen LogP contribution in [0.25, 0.3) is 0 Å². The topological polar surface area (TPSA) is 28.4 Å². The summed E-state index contributed by atoms with van der Waals surface area (Å²) in [6, 6.07) is 2.16. The number of hydrogen-bond donors (Lipinski definition) is 1. The van der Waals surface area contributed by atoms with E-state index in [0.29, 0.717) is 6.61 Å². The molecule has 0 atom stereocenters. The molecule has 3 nitrogen and oxygen atoms in total. The summed E-state index contributed by atoms with van der Waals surface area (Å²) in [6.45, 7) is 2.37. The van der Waals surface area contributed by atoms with E-state index in [1.807, 2.05) is 0 Å². The average molecular weight is 289 g/mol. The molecule has 4 heteroatoms. The Morgan fingerprint density at radius 3 is 2.69 bits per heavy atom. The van der Waals surface area contributed by atoms with Crippen molar-refractivity contribution < 1.29 is 5.11 Å². The molecule has 0 radical (unpaired) electrons. The monoisotopic (exact) mass is 288 g/mol. The number of aryl methyl sites for hydroxylation is 1. The second-order valence-electron chi connectivity index (χ2n) is 4.28. The van der Waals surface area contributed by atoms with Crippen molar-refractivity contribution in [2.24, 2.45) is 7.05 Å². The van der Waals surface area contributed by atoms with Gasteiger partial charge < -0.3 is 14.6 Å². The van der Waals surface area contributed by atoms with Gasteiger partial charge in [-0.3, -0.25) is 0 Å². The Labute approximate surface area is 106 Å². The first-order valence-corrected chi connectivity index (χ1v) is 6.53. The van der Waals surface area contributed by atoms with Gasteiger partial charge in [0.1, 0.15) is 0 Å². The van der Waals surface area contributed by atoms with Crippen molar-refractivity contribution in [3.63, 3.8) is 0 Å². The van der Waals surface area contributed by atoms with E-state index in [9.17, 15) is 0 Å². The summed E-state index contributed by atoms with van der Waals surface area (Å²) in [6.07, 6.45) is 5.26. The minimum atomic E-state index is 0.314. The van der Waals surface area contributed by atoms with Gasteiger partial charge in [-0.25, -0.2) is 0 Å². The minimum absolute atomic E-state index is 0.314. The maximum absolute atomic E-state index is 8.68. The summed E-state index contributed by atoms with van der Waals surface area (Å²) in [5.41, 5.74) is 1.32. The first-order chi connectivity index (χ1) is 7.63. The summed E-state index contributed by atoms with van der Waals surface area (Å²) in [5.74, 6) is 0. The number of nitrogens with zero attached hydrogens (tertiary/aromatic N) is 2. The van der Waals surface area contributed by atoms with Gasteiger partial charge in [0, 0.05) is 36.6 Å². The number of aromatic nitrogens is 1. The van der Waals surface area contributed by atoms with Crippen LogP contribution in [0.4, 0.5) is 0 Å². The Morgan fingerprint density at radius 2 is 2.12 bits per heavy atom. The molecule has 1 N–H and O–H groups in total. The predicted octanol–water partition coefficient (Wildman–Crippen LogP) is 2.38. The van der Waals surface area contributed by atoms with E-state index < -0.39 is 0 Å². The lowest BCUT2D eigenvalue weighted by molar-refractivity contribution is 0.270. The normalized spacial score (nSPS) is 11.3. The fraction of sp³-hybridized carbons (Fsp3) is 0.667. The van der Waals surface area contributed by atoms with Crippen molar-refractivity contribution in [2.45, 2.75) is 25.8 Å². The van der Waals surface area contributed by atoms with Crippen molar-refractivity contribution in [3.05, 3.63) is 22.4 Å². The highest BCUT2D eigenvalue weighted by Crippen LogP contribution is 2.15. The number of aliphatic hydroxyl groups is 1. The van der Waals surface area contributed by atoms with E-state index in [1.54, 1.807) is 0 Å². The lowest BCUT2D eigenvalue weighted by atomic mass is 10.2. The molecule has 0 aliphatic carbocycles. The molecule has 1 aromatic rings. The zero-order valence-corrected chi connectivity index (χ0v) is 11.7. The molecule has 1 rings (SSSR count). The molecule has 0 aliphatic rings. The maximum Gasteiger partial charge on any atom is 0.0431 e. The number of unbranched alkanes of at least 4 members (excludes halogenated alkanes) is 2. The SMILES string of the molecule is CN(CCCCCO)Cc1cc(Br)cn1C. The van der Waals surface area contributed by atoms with Crippen LogP contribution in [0.2, 0.25) is 0 Å². The van der Waals surface area contributed by atoms with Gasteiger partial charge in [0.2, 0.25) is 0 Å². The van der Waals surface area contributed by atoms with Gasteiger partial charge in [-0.15, -0.1) is 0 Å². The van der Waals surface area contributed by atoms with Crippen LogP contribution in [0.5, 0.6) is 0 Å². The molecule has 16 heavy (non-hydrogen) atoms. The van der Waals surface area contributed by atoms with Crippen LogP contribution in [-0.2, 0) is 13.6 Å². The van der Waals surface area contributed by atoms with Crippen LogP contribution in [0.15, 0.2) is 16.7 Å². The van der Waals surface area contributed by atoms with Crippen LogP contribution < -0.4 is 0 Å². The number of halogens is 1. The molecule has 1 heterocycles. The predicted molar refractivity (Wildman–Crippen MR) is 70.4 cm³/mol. The van der Waals surface area contributed by atoms with Gasteiger partial charge in [0.15, 0.2) is 0 Å². The van der Waals surface area contributed by atoms with Gasteiger partial charge in [0.25, 0.3) is 0 Å². The molecule has 92 valence electrons. The lowest BCUT2D eigenvalue weighted by Gasteiger charge is -2.16. The van der Waals surface area contributed by atoms with Gasteiger partial charge in [-0.2, -0.15) is 0 Å². The Bertz CT molecular complexity index is 312. The van der Waals surface area contributed by atoms with Crippen molar-refractivity contribution in [1.82, 2.24) is 9.47 Å². The Balaban J connectivity index is 2.28. The van der Waals surface area contributed by atoms with E-state index in [1.165, 1.54) is 5.69 Å². The highest BCUT2D eigenvalue weighted by Gasteiger charge is 2.04. The van der Waals surface area contributed by atoms with Crippen molar-refractivity contribution in [3.8, 4) is 0 Å². The molecule has 1 aromatic heterocycles. The second kappa shape index (κ2) is 7.09. The molecule has 0 saturated carbocycles. The van der Waals surface area contributed by atoms with Gasteiger partial charge >= 0.3 is 0 Å². The summed E-state index contributed by atoms with van der Waals surface area (Å²) >= 11 is 3.48. The van der Waals surface area contributed by atoms with Gasteiger partial charge in [-0.1, -0.05) is 0 Å². The summed E-state index contributed by atoms with van der Waals surface area (Å²) in [4.78, 5) is 2.32. The highest BCUT2D eigenvalue weighted by molar-refractivity contribution is 9.10. The third-order valence-electron chi connectivity index (χ3n) is 2.70. The van der Waals surface area contributed by atoms with Crippen LogP contribution in [0.1, 0.15) is 25.0 Å². The Hall–Kier alpha value is -0.320. The van der Waals surface area contributed by atoms with Crippen LogP contribution in [0, 0.1) is 0 Å².